The van der Waals surface area contributed by atoms with Gasteiger partial charge in [0.15, 0.2) is 11.5 Å². The van der Waals surface area contributed by atoms with Gasteiger partial charge in [0, 0.05) is 16.0 Å². The summed E-state index contributed by atoms with van der Waals surface area (Å²) < 4.78 is 2.16. The minimum absolute atomic E-state index is 0.917. The zero-order valence-corrected chi connectivity index (χ0v) is 13.3. The number of imidazole rings is 1. The first-order valence-corrected chi connectivity index (χ1v) is 8.33. The summed E-state index contributed by atoms with van der Waals surface area (Å²) in [6.45, 7) is 4.24. The standard InChI is InChI=1S/C16H13N3S2/c1-10-5-7-13(20-10)16-18-12-4-3-9-17-15(12)19(16)14-8-6-11(2)21-14/h3-9H,1-2H3. The average molecular weight is 311 g/mol. The van der Waals surface area contributed by atoms with Gasteiger partial charge in [-0.2, -0.15) is 0 Å². The smallest absolute Gasteiger partial charge is 0.165 e. The molecule has 4 heterocycles. The zero-order chi connectivity index (χ0) is 14.4. The minimum atomic E-state index is 0.917. The Kier molecular flexibility index (Phi) is 2.90. The van der Waals surface area contributed by atoms with E-state index in [1.54, 1.807) is 22.7 Å². The van der Waals surface area contributed by atoms with Gasteiger partial charge in [-0.15, -0.1) is 22.7 Å². The molecule has 0 fully saturated rings. The molecule has 0 bridgehead atoms. The van der Waals surface area contributed by atoms with Crippen molar-refractivity contribution in [3.05, 3.63) is 52.3 Å². The highest BCUT2D eigenvalue weighted by Crippen LogP contribution is 2.34. The molecule has 0 radical (unpaired) electrons. The number of rotatable bonds is 2. The van der Waals surface area contributed by atoms with Crippen molar-refractivity contribution in [2.45, 2.75) is 13.8 Å². The molecule has 21 heavy (non-hydrogen) atoms. The number of aryl methyl sites for hydroxylation is 2. The SMILES string of the molecule is Cc1ccc(-c2nc3cccnc3n2-c2ccc(C)s2)s1. The second-order valence-electron chi connectivity index (χ2n) is 4.91. The second kappa shape index (κ2) is 4.79. The van der Waals surface area contributed by atoms with Crippen molar-refractivity contribution in [2.24, 2.45) is 0 Å². The first-order chi connectivity index (χ1) is 10.2. The van der Waals surface area contributed by atoms with E-state index < -0.39 is 0 Å². The molecule has 0 N–H and O–H groups in total. The van der Waals surface area contributed by atoms with Crippen LogP contribution in [-0.2, 0) is 0 Å². The molecule has 104 valence electrons. The van der Waals surface area contributed by atoms with Crippen LogP contribution in [-0.4, -0.2) is 14.5 Å². The number of fused-ring (bicyclic) bond motifs is 1. The lowest BCUT2D eigenvalue weighted by Gasteiger charge is -2.04. The van der Waals surface area contributed by atoms with Crippen molar-refractivity contribution in [3.63, 3.8) is 0 Å². The summed E-state index contributed by atoms with van der Waals surface area (Å²) >= 11 is 3.53. The van der Waals surface area contributed by atoms with Crippen LogP contribution < -0.4 is 0 Å². The van der Waals surface area contributed by atoms with E-state index in [9.17, 15) is 0 Å². The molecule has 0 spiro atoms. The summed E-state index contributed by atoms with van der Waals surface area (Å²) in [7, 11) is 0. The topological polar surface area (TPSA) is 30.7 Å². The molecule has 0 saturated heterocycles. The van der Waals surface area contributed by atoms with Crippen LogP contribution in [0.4, 0.5) is 0 Å². The molecule has 0 amide bonds. The number of thiophene rings is 2. The second-order valence-corrected chi connectivity index (χ2v) is 7.47. The third kappa shape index (κ3) is 2.09. The lowest BCUT2D eigenvalue weighted by atomic mass is 10.4. The Morgan fingerprint density at radius 3 is 2.48 bits per heavy atom. The maximum atomic E-state index is 4.80. The molecular weight excluding hydrogens is 298 g/mol. The zero-order valence-electron chi connectivity index (χ0n) is 11.7. The molecule has 0 atom stereocenters. The quantitative estimate of drug-likeness (QED) is 0.531. The van der Waals surface area contributed by atoms with Gasteiger partial charge in [0.2, 0.25) is 0 Å². The molecule has 4 aromatic heterocycles. The third-order valence-corrected chi connectivity index (χ3v) is 5.31. The molecule has 3 nitrogen and oxygen atoms in total. The van der Waals surface area contributed by atoms with Crippen molar-refractivity contribution in [2.75, 3.05) is 0 Å². The van der Waals surface area contributed by atoms with E-state index in [0.29, 0.717) is 0 Å². The Morgan fingerprint density at radius 1 is 0.952 bits per heavy atom. The van der Waals surface area contributed by atoms with Crippen molar-refractivity contribution in [1.82, 2.24) is 14.5 Å². The van der Waals surface area contributed by atoms with Gasteiger partial charge in [-0.1, -0.05) is 0 Å². The summed E-state index contributed by atoms with van der Waals surface area (Å²) in [5, 5.41) is 1.16. The molecule has 0 aromatic carbocycles. The van der Waals surface area contributed by atoms with Crippen molar-refractivity contribution in [3.8, 4) is 15.7 Å². The van der Waals surface area contributed by atoms with Crippen LogP contribution in [0.1, 0.15) is 9.75 Å². The molecule has 4 rings (SSSR count). The molecule has 4 aromatic rings. The number of hydrogen-bond donors (Lipinski definition) is 0. The minimum Gasteiger partial charge on any atom is -0.267 e. The van der Waals surface area contributed by atoms with Crippen molar-refractivity contribution in [1.29, 1.82) is 0 Å². The van der Waals surface area contributed by atoms with E-state index in [2.05, 4.69) is 47.7 Å². The predicted molar refractivity (Wildman–Crippen MR) is 89.5 cm³/mol. The van der Waals surface area contributed by atoms with Gasteiger partial charge < -0.3 is 0 Å². The Labute approximate surface area is 130 Å². The first-order valence-electron chi connectivity index (χ1n) is 6.69. The van der Waals surface area contributed by atoms with Gasteiger partial charge in [0.1, 0.15) is 10.5 Å². The summed E-state index contributed by atoms with van der Waals surface area (Å²) in [4.78, 5) is 13.1. The maximum Gasteiger partial charge on any atom is 0.165 e. The Balaban J connectivity index is 2.06. The Morgan fingerprint density at radius 2 is 1.76 bits per heavy atom. The van der Waals surface area contributed by atoms with Crippen LogP contribution >= 0.6 is 22.7 Å². The molecule has 0 aliphatic carbocycles. The van der Waals surface area contributed by atoms with E-state index in [-0.39, 0.29) is 0 Å². The fourth-order valence-electron chi connectivity index (χ4n) is 2.38. The lowest BCUT2D eigenvalue weighted by molar-refractivity contribution is 1.11. The van der Waals surface area contributed by atoms with Crippen LogP contribution in [0.25, 0.3) is 26.9 Å². The van der Waals surface area contributed by atoms with Gasteiger partial charge in [-0.25, -0.2) is 9.97 Å². The monoisotopic (exact) mass is 311 g/mol. The highest BCUT2D eigenvalue weighted by Gasteiger charge is 2.17. The van der Waals surface area contributed by atoms with E-state index in [0.717, 1.165) is 22.0 Å². The molecule has 5 heteroatoms. The normalized spacial score (nSPS) is 11.3. The number of pyridine rings is 1. The van der Waals surface area contributed by atoms with E-state index >= 15 is 0 Å². The van der Waals surface area contributed by atoms with Crippen LogP contribution in [0.3, 0.4) is 0 Å². The average Bonchev–Trinajstić information content (AvgIpc) is 3.16. The van der Waals surface area contributed by atoms with Gasteiger partial charge >= 0.3 is 0 Å². The summed E-state index contributed by atoms with van der Waals surface area (Å²) in [5.74, 6) is 0.976. The van der Waals surface area contributed by atoms with Gasteiger partial charge in [-0.3, -0.25) is 4.57 Å². The number of nitrogens with zero attached hydrogens (tertiary/aromatic N) is 3. The molecule has 0 aliphatic heterocycles. The summed E-state index contributed by atoms with van der Waals surface area (Å²) in [6.07, 6.45) is 1.82. The maximum absolute atomic E-state index is 4.80. The van der Waals surface area contributed by atoms with Gasteiger partial charge in [-0.05, 0) is 50.2 Å². The van der Waals surface area contributed by atoms with Gasteiger partial charge in [0.05, 0.1) is 4.88 Å². The van der Waals surface area contributed by atoms with E-state index in [1.165, 1.54) is 14.6 Å². The van der Waals surface area contributed by atoms with Crippen LogP contribution in [0.5, 0.6) is 0 Å². The number of hydrogen-bond acceptors (Lipinski definition) is 4. The molecule has 0 saturated carbocycles. The predicted octanol–water partition coefficient (Wildman–Crippen LogP) is 4.83. The van der Waals surface area contributed by atoms with Crippen LogP contribution in [0.2, 0.25) is 0 Å². The fraction of sp³-hybridized carbons (Fsp3) is 0.125. The fourth-order valence-corrected chi connectivity index (χ4v) is 4.10. The molecular formula is C16H13N3S2. The van der Waals surface area contributed by atoms with Crippen LogP contribution in [0, 0.1) is 13.8 Å². The summed E-state index contributed by atoms with van der Waals surface area (Å²) in [6, 6.07) is 12.5. The summed E-state index contributed by atoms with van der Waals surface area (Å²) in [5.41, 5.74) is 1.85. The Bertz CT molecular complexity index is 930. The third-order valence-electron chi connectivity index (χ3n) is 3.32. The van der Waals surface area contributed by atoms with Crippen molar-refractivity contribution >= 4 is 33.8 Å². The number of aromatic nitrogens is 3. The lowest BCUT2D eigenvalue weighted by Crippen LogP contribution is -1.94. The first kappa shape index (κ1) is 12.7. The molecule has 0 unspecified atom stereocenters. The highest BCUT2D eigenvalue weighted by atomic mass is 32.1. The molecule has 0 aliphatic rings. The van der Waals surface area contributed by atoms with E-state index in [4.69, 9.17) is 4.98 Å². The van der Waals surface area contributed by atoms with Crippen LogP contribution in [0.15, 0.2) is 42.6 Å². The van der Waals surface area contributed by atoms with Crippen molar-refractivity contribution < 1.29 is 0 Å². The van der Waals surface area contributed by atoms with E-state index in [1.807, 2.05) is 18.3 Å². The van der Waals surface area contributed by atoms with Gasteiger partial charge in [0.25, 0.3) is 0 Å². The Hall–Kier alpha value is -1.98. The highest BCUT2D eigenvalue weighted by molar-refractivity contribution is 7.15. The largest absolute Gasteiger partial charge is 0.267 e.